The molecule has 1 heterocycles. The van der Waals surface area contributed by atoms with Gasteiger partial charge in [-0.15, -0.1) is 11.3 Å². The topological polar surface area (TPSA) is 64.6 Å². The Bertz CT molecular complexity index is 797. The van der Waals surface area contributed by atoms with E-state index >= 15 is 0 Å². The van der Waals surface area contributed by atoms with Gasteiger partial charge in [-0.2, -0.15) is 0 Å². The molecule has 1 aliphatic rings. The Balaban J connectivity index is 1.91. The molecule has 0 spiro atoms. The number of hydrogen-bond donors (Lipinski definition) is 1. The van der Waals surface area contributed by atoms with Crippen LogP contribution in [0.3, 0.4) is 0 Å². The average Bonchev–Trinajstić information content (AvgIpc) is 3.16. The fourth-order valence-electron chi connectivity index (χ4n) is 3.02. The van der Waals surface area contributed by atoms with Crippen LogP contribution in [-0.4, -0.2) is 25.1 Å². The van der Waals surface area contributed by atoms with Crippen LogP contribution in [0.15, 0.2) is 24.3 Å². The van der Waals surface area contributed by atoms with Crippen LogP contribution in [0.25, 0.3) is 0 Å². The number of carbonyl (C=O) groups excluding carboxylic acids is 2. The summed E-state index contributed by atoms with van der Waals surface area (Å²) >= 11 is 1.47. The molecular weight excluding hydrogens is 338 g/mol. The van der Waals surface area contributed by atoms with E-state index in [0.717, 1.165) is 29.7 Å². The van der Waals surface area contributed by atoms with Gasteiger partial charge in [-0.1, -0.05) is 12.1 Å². The highest BCUT2D eigenvalue weighted by Crippen LogP contribution is 2.40. The predicted molar refractivity (Wildman–Crippen MR) is 97.9 cm³/mol. The fourth-order valence-corrected chi connectivity index (χ4v) is 4.29. The minimum atomic E-state index is -0.365. The third kappa shape index (κ3) is 3.54. The van der Waals surface area contributed by atoms with Gasteiger partial charge >= 0.3 is 5.97 Å². The van der Waals surface area contributed by atoms with Gasteiger partial charge in [0.15, 0.2) is 0 Å². The standard InChI is InChI=1S/C19H21NO4S/c1-3-23-14-10-6-5-8-12(14)17(21)20-18-16(19(22)24-4-2)13-9-7-11-15(13)25-18/h5-6,8,10H,3-4,7,9,11H2,1-2H3,(H,20,21). The average molecular weight is 359 g/mol. The molecule has 25 heavy (non-hydrogen) atoms. The van der Waals surface area contributed by atoms with Crippen LogP contribution >= 0.6 is 11.3 Å². The van der Waals surface area contributed by atoms with Gasteiger partial charge in [0.1, 0.15) is 10.8 Å². The molecule has 1 aromatic carbocycles. The molecular formula is C19H21NO4S. The van der Waals surface area contributed by atoms with Gasteiger partial charge in [-0.3, -0.25) is 4.79 Å². The zero-order chi connectivity index (χ0) is 17.8. The van der Waals surface area contributed by atoms with E-state index in [0.29, 0.717) is 35.1 Å². The van der Waals surface area contributed by atoms with E-state index in [-0.39, 0.29) is 11.9 Å². The van der Waals surface area contributed by atoms with E-state index in [1.54, 1.807) is 25.1 Å². The molecule has 0 atom stereocenters. The maximum absolute atomic E-state index is 12.7. The molecule has 1 N–H and O–H groups in total. The Morgan fingerprint density at radius 3 is 2.72 bits per heavy atom. The lowest BCUT2D eigenvalue weighted by atomic mass is 10.1. The van der Waals surface area contributed by atoms with Crippen LogP contribution in [0.2, 0.25) is 0 Å². The number of ether oxygens (including phenoxy) is 2. The molecule has 6 heteroatoms. The van der Waals surface area contributed by atoms with Gasteiger partial charge in [0, 0.05) is 4.88 Å². The molecule has 0 bridgehead atoms. The van der Waals surface area contributed by atoms with Crippen LogP contribution in [-0.2, 0) is 17.6 Å². The molecule has 0 aliphatic heterocycles. The number of rotatable bonds is 6. The number of anilines is 1. The second-order valence-electron chi connectivity index (χ2n) is 5.67. The van der Waals surface area contributed by atoms with Crippen molar-refractivity contribution >= 4 is 28.2 Å². The minimum Gasteiger partial charge on any atom is -0.493 e. The van der Waals surface area contributed by atoms with Gasteiger partial charge < -0.3 is 14.8 Å². The second kappa shape index (κ2) is 7.70. The number of para-hydroxylation sites is 1. The highest BCUT2D eigenvalue weighted by Gasteiger charge is 2.28. The first-order valence-corrected chi connectivity index (χ1v) is 9.32. The number of thiophene rings is 1. The molecule has 5 nitrogen and oxygen atoms in total. The van der Waals surface area contributed by atoms with Crippen molar-refractivity contribution in [2.24, 2.45) is 0 Å². The van der Waals surface area contributed by atoms with Crippen LogP contribution in [0.5, 0.6) is 5.75 Å². The molecule has 0 fully saturated rings. The van der Waals surface area contributed by atoms with Crippen LogP contribution < -0.4 is 10.1 Å². The van der Waals surface area contributed by atoms with Crippen molar-refractivity contribution in [3.8, 4) is 5.75 Å². The van der Waals surface area contributed by atoms with Gasteiger partial charge in [0.25, 0.3) is 5.91 Å². The highest BCUT2D eigenvalue weighted by molar-refractivity contribution is 7.17. The number of hydrogen-bond acceptors (Lipinski definition) is 5. The first-order chi connectivity index (χ1) is 12.2. The highest BCUT2D eigenvalue weighted by atomic mass is 32.1. The van der Waals surface area contributed by atoms with Gasteiger partial charge in [0.2, 0.25) is 0 Å². The molecule has 1 aromatic heterocycles. The Kier molecular flexibility index (Phi) is 5.38. The largest absolute Gasteiger partial charge is 0.493 e. The number of nitrogens with one attached hydrogen (secondary N) is 1. The molecule has 2 aromatic rings. The third-order valence-corrected chi connectivity index (χ3v) is 5.27. The van der Waals surface area contributed by atoms with Crippen molar-refractivity contribution in [1.82, 2.24) is 0 Å². The Morgan fingerprint density at radius 1 is 1.16 bits per heavy atom. The van der Waals surface area contributed by atoms with Crippen molar-refractivity contribution in [2.75, 3.05) is 18.5 Å². The van der Waals surface area contributed by atoms with Crippen molar-refractivity contribution in [2.45, 2.75) is 33.1 Å². The van der Waals surface area contributed by atoms with E-state index in [1.165, 1.54) is 11.3 Å². The zero-order valence-electron chi connectivity index (χ0n) is 14.4. The summed E-state index contributed by atoms with van der Waals surface area (Å²) in [5.41, 5.74) is 1.99. The molecule has 132 valence electrons. The SMILES string of the molecule is CCOC(=O)c1c(NC(=O)c2ccccc2OCC)sc2c1CCC2. The van der Waals surface area contributed by atoms with Crippen LogP contribution in [0.1, 0.15) is 51.4 Å². The number of amides is 1. The molecule has 0 saturated carbocycles. The number of esters is 1. The van der Waals surface area contributed by atoms with E-state index < -0.39 is 0 Å². The van der Waals surface area contributed by atoms with Gasteiger partial charge in [0.05, 0.1) is 24.3 Å². The minimum absolute atomic E-state index is 0.283. The lowest BCUT2D eigenvalue weighted by molar-refractivity contribution is 0.0527. The van der Waals surface area contributed by atoms with Crippen molar-refractivity contribution < 1.29 is 19.1 Å². The van der Waals surface area contributed by atoms with E-state index in [9.17, 15) is 9.59 Å². The van der Waals surface area contributed by atoms with Crippen molar-refractivity contribution in [3.63, 3.8) is 0 Å². The van der Waals surface area contributed by atoms with Crippen molar-refractivity contribution in [1.29, 1.82) is 0 Å². The lowest BCUT2D eigenvalue weighted by Gasteiger charge is -2.11. The quantitative estimate of drug-likeness (QED) is 0.790. The van der Waals surface area contributed by atoms with Gasteiger partial charge in [-0.05, 0) is 50.8 Å². The zero-order valence-corrected chi connectivity index (χ0v) is 15.2. The number of fused-ring (bicyclic) bond motifs is 1. The Labute approximate surface area is 151 Å². The molecule has 0 radical (unpaired) electrons. The summed E-state index contributed by atoms with van der Waals surface area (Å²) < 4.78 is 10.7. The summed E-state index contributed by atoms with van der Waals surface area (Å²) in [6, 6.07) is 7.09. The molecule has 3 rings (SSSR count). The number of benzene rings is 1. The molecule has 1 aliphatic carbocycles. The smallest absolute Gasteiger partial charge is 0.341 e. The maximum Gasteiger partial charge on any atom is 0.341 e. The number of aryl methyl sites for hydroxylation is 1. The van der Waals surface area contributed by atoms with E-state index in [4.69, 9.17) is 9.47 Å². The molecule has 0 saturated heterocycles. The monoisotopic (exact) mass is 359 g/mol. The summed E-state index contributed by atoms with van der Waals surface area (Å²) in [5, 5.41) is 3.46. The Hall–Kier alpha value is -2.34. The lowest BCUT2D eigenvalue weighted by Crippen LogP contribution is -2.16. The normalized spacial score (nSPS) is 12.6. The molecule has 0 unspecified atom stereocenters. The summed E-state index contributed by atoms with van der Waals surface area (Å²) in [6.45, 7) is 4.44. The van der Waals surface area contributed by atoms with E-state index in [1.807, 2.05) is 13.0 Å². The fraction of sp³-hybridized carbons (Fsp3) is 0.368. The molecule has 1 amide bonds. The Morgan fingerprint density at radius 2 is 1.96 bits per heavy atom. The maximum atomic E-state index is 12.7. The predicted octanol–water partition coefficient (Wildman–Crippen LogP) is 4.06. The van der Waals surface area contributed by atoms with Gasteiger partial charge in [-0.25, -0.2) is 4.79 Å². The summed E-state index contributed by atoms with van der Waals surface area (Å²) in [7, 11) is 0. The first-order valence-electron chi connectivity index (χ1n) is 8.50. The number of carbonyl (C=O) groups is 2. The third-order valence-electron chi connectivity index (χ3n) is 4.06. The van der Waals surface area contributed by atoms with Crippen LogP contribution in [0, 0.1) is 0 Å². The van der Waals surface area contributed by atoms with Crippen molar-refractivity contribution in [3.05, 3.63) is 45.8 Å². The summed E-state index contributed by atoms with van der Waals surface area (Å²) in [5.74, 6) is -0.117. The summed E-state index contributed by atoms with van der Waals surface area (Å²) in [6.07, 6.45) is 2.83. The first kappa shape index (κ1) is 17.5. The summed E-state index contributed by atoms with van der Waals surface area (Å²) in [4.78, 5) is 26.3. The van der Waals surface area contributed by atoms with E-state index in [2.05, 4.69) is 5.32 Å². The van der Waals surface area contributed by atoms with Crippen LogP contribution in [0.4, 0.5) is 5.00 Å². The second-order valence-corrected chi connectivity index (χ2v) is 6.77.